The number of aromatic nitrogens is 4. The first-order chi connectivity index (χ1) is 15.4. The quantitative estimate of drug-likeness (QED) is 0.438. The molecule has 0 fully saturated rings. The standard InChI is InChI=1S/C23H23FN4O4/c1-4-27-19(13-31-11-15-8-6-5-7-9-15)26-28(23(27)30)21-18(24)10-16-20(25-21)17(14(2)3)12-32-22(16)29/h5-10,12,14H,4,11,13H2,1-3H3. The fourth-order valence-electron chi connectivity index (χ4n) is 3.48. The van der Waals surface area contributed by atoms with E-state index < -0.39 is 17.1 Å². The smallest absolute Gasteiger partial charge is 0.352 e. The molecule has 3 heterocycles. The first-order valence-corrected chi connectivity index (χ1v) is 10.3. The lowest BCUT2D eigenvalue weighted by Crippen LogP contribution is -2.25. The molecule has 0 aliphatic carbocycles. The van der Waals surface area contributed by atoms with Crippen LogP contribution in [0, 0.1) is 5.82 Å². The number of fused-ring (bicyclic) bond motifs is 1. The number of nitrogens with zero attached hydrogens (tertiary/aromatic N) is 4. The van der Waals surface area contributed by atoms with Crippen LogP contribution in [0.5, 0.6) is 0 Å². The van der Waals surface area contributed by atoms with Gasteiger partial charge in [-0.1, -0.05) is 44.2 Å². The first kappa shape index (κ1) is 21.6. The van der Waals surface area contributed by atoms with Crippen molar-refractivity contribution in [1.29, 1.82) is 0 Å². The number of pyridine rings is 1. The second kappa shape index (κ2) is 8.88. The molecule has 3 aromatic heterocycles. The average Bonchev–Trinajstić information content (AvgIpc) is 3.09. The van der Waals surface area contributed by atoms with Gasteiger partial charge in [0.05, 0.1) is 17.5 Å². The van der Waals surface area contributed by atoms with Crippen LogP contribution in [0.15, 0.2) is 56.7 Å². The Hall–Kier alpha value is -3.59. The minimum Gasteiger partial charge on any atom is -0.430 e. The maximum absolute atomic E-state index is 14.9. The van der Waals surface area contributed by atoms with E-state index in [1.807, 2.05) is 44.2 Å². The summed E-state index contributed by atoms with van der Waals surface area (Å²) in [5.74, 6) is -0.789. The Morgan fingerprint density at radius 3 is 2.59 bits per heavy atom. The molecule has 0 radical (unpaired) electrons. The lowest BCUT2D eigenvalue weighted by Gasteiger charge is -2.09. The maximum Gasteiger partial charge on any atom is 0.352 e. The van der Waals surface area contributed by atoms with E-state index in [1.165, 1.54) is 10.8 Å². The average molecular weight is 438 g/mol. The zero-order valence-electron chi connectivity index (χ0n) is 18.0. The lowest BCUT2D eigenvalue weighted by molar-refractivity contribution is 0.0989. The van der Waals surface area contributed by atoms with Crippen molar-refractivity contribution >= 4 is 10.9 Å². The SMILES string of the molecule is CCn1c(COCc2ccccc2)nn(-c2nc3c(C(C)C)coc(=O)c3cc2F)c1=O. The first-order valence-electron chi connectivity index (χ1n) is 10.3. The monoisotopic (exact) mass is 438 g/mol. The Morgan fingerprint density at radius 2 is 1.91 bits per heavy atom. The summed E-state index contributed by atoms with van der Waals surface area (Å²) in [7, 11) is 0. The second-order valence-corrected chi connectivity index (χ2v) is 7.66. The molecule has 0 spiro atoms. The summed E-state index contributed by atoms with van der Waals surface area (Å²) in [5, 5.41) is 4.30. The van der Waals surface area contributed by atoms with Crippen LogP contribution < -0.4 is 11.3 Å². The molecule has 0 saturated carbocycles. The highest BCUT2D eigenvalue weighted by Gasteiger charge is 2.21. The molecule has 4 rings (SSSR count). The number of ether oxygens (including phenoxy) is 1. The summed E-state index contributed by atoms with van der Waals surface area (Å²) in [6, 6.07) is 10.6. The van der Waals surface area contributed by atoms with Crippen LogP contribution in [-0.2, 0) is 24.5 Å². The molecule has 166 valence electrons. The lowest BCUT2D eigenvalue weighted by atomic mass is 10.0. The number of halogens is 1. The third-order valence-electron chi connectivity index (χ3n) is 5.16. The molecule has 0 unspecified atom stereocenters. The molecule has 0 aliphatic rings. The van der Waals surface area contributed by atoms with Gasteiger partial charge in [0.2, 0.25) is 0 Å². The van der Waals surface area contributed by atoms with E-state index in [-0.39, 0.29) is 29.2 Å². The van der Waals surface area contributed by atoms with Gasteiger partial charge in [-0.15, -0.1) is 5.10 Å². The number of hydrogen-bond donors (Lipinski definition) is 0. The van der Waals surface area contributed by atoms with Gasteiger partial charge in [0.15, 0.2) is 17.5 Å². The van der Waals surface area contributed by atoms with Gasteiger partial charge in [-0.3, -0.25) is 4.57 Å². The van der Waals surface area contributed by atoms with E-state index in [0.717, 1.165) is 16.3 Å². The third-order valence-corrected chi connectivity index (χ3v) is 5.16. The van der Waals surface area contributed by atoms with Crippen LogP contribution in [0.1, 0.15) is 43.6 Å². The molecule has 0 amide bonds. The molecule has 8 nitrogen and oxygen atoms in total. The predicted octanol–water partition coefficient (Wildman–Crippen LogP) is 3.53. The Labute approximate surface area is 182 Å². The topological polar surface area (TPSA) is 92.2 Å². The molecule has 0 atom stereocenters. The van der Waals surface area contributed by atoms with E-state index in [2.05, 4.69) is 10.1 Å². The van der Waals surface area contributed by atoms with E-state index in [1.54, 1.807) is 6.92 Å². The van der Waals surface area contributed by atoms with Crippen LogP contribution >= 0.6 is 0 Å². The Morgan fingerprint density at radius 1 is 1.16 bits per heavy atom. The van der Waals surface area contributed by atoms with Crippen LogP contribution in [0.2, 0.25) is 0 Å². The van der Waals surface area contributed by atoms with Gasteiger partial charge in [0.25, 0.3) is 0 Å². The van der Waals surface area contributed by atoms with E-state index in [4.69, 9.17) is 9.15 Å². The van der Waals surface area contributed by atoms with Gasteiger partial charge in [-0.25, -0.2) is 19.0 Å². The fraction of sp³-hybridized carbons (Fsp3) is 0.304. The van der Waals surface area contributed by atoms with Crippen LogP contribution in [0.25, 0.3) is 16.7 Å². The molecule has 0 bridgehead atoms. The van der Waals surface area contributed by atoms with Crippen LogP contribution in [-0.4, -0.2) is 19.3 Å². The maximum atomic E-state index is 14.9. The molecule has 9 heteroatoms. The van der Waals surface area contributed by atoms with Gasteiger partial charge in [0.1, 0.15) is 12.9 Å². The predicted molar refractivity (Wildman–Crippen MR) is 116 cm³/mol. The Balaban J connectivity index is 1.75. The molecule has 1 aromatic carbocycles. The molecule has 0 saturated heterocycles. The van der Waals surface area contributed by atoms with Crippen molar-refractivity contribution in [2.24, 2.45) is 0 Å². The molecular formula is C23H23FN4O4. The summed E-state index contributed by atoms with van der Waals surface area (Å²) in [5.41, 5.74) is 0.678. The summed E-state index contributed by atoms with van der Waals surface area (Å²) >= 11 is 0. The highest BCUT2D eigenvalue weighted by atomic mass is 19.1. The molecule has 32 heavy (non-hydrogen) atoms. The van der Waals surface area contributed by atoms with Crippen molar-refractivity contribution < 1.29 is 13.5 Å². The molecule has 4 aromatic rings. The van der Waals surface area contributed by atoms with Crippen molar-refractivity contribution in [3.8, 4) is 5.82 Å². The van der Waals surface area contributed by atoms with Crippen LogP contribution in [0.3, 0.4) is 0 Å². The van der Waals surface area contributed by atoms with Gasteiger partial charge in [0, 0.05) is 12.1 Å². The van der Waals surface area contributed by atoms with Gasteiger partial charge >= 0.3 is 11.3 Å². The zero-order chi connectivity index (χ0) is 22.8. The summed E-state index contributed by atoms with van der Waals surface area (Å²) in [4.78, 5) is 29.3. The van der Waals surface area contributed by atoms with E-state index in [0.29, 0.717) is 24.5 Å². The fourth-order valence-corrected chi connectivity index (χ4v) is 3.48. The van der Waals surface area contributed by atoms with Crippen molar-refractivity contribution in [3.63, 3.8) is 0 Å². The normalized spacial score (nSPS) is 11.5. The number of benzene rings is 1. The number of rotatable bonds is 7. The molecular weight excluding hydrogens is 415 g/mol. The summed E-state index contributed by atoms with van der Waals surface area (Å²) in [6.45, 7) is 6.35. The summed E-state index contributed by atoms with van der Waals surface area (Å²) in [6.07, 6.45) is 1.32. The second-order valence-electron chi connectivity index (χ2n) is 7.66. The Bertz CT molecular complexity index is 1370. The highest BCUT2D eigenvalue weighted by molar-refractivity contribution is 5.81. The van der Waals surface area contributed by atoms with Gasteiger partial charge < -0.3 is 9.15 Å². The number of hydrogen-bond acceptors (Lipinski definition) is 6. The molecule has 0 aliphatic heterocycles. The Kier molecular flexibility index (Phi) is 6.00. The van der Waals surface area contributed by atoms with E-state index in [9.17, 15) is 14.0 Å². The van der Waals surface area contributed by atoms with E-state index >= 15 is 0 Å². The molecule has 0 N–H and O–H groups in total. The minimum atomic E-state index is -0.842. The van der Waals surface area contributed by atoms with Crippen molar-refractivity contribution in [2.45, 2.75) is 46.4 Å². The highest BCUT2D eigenvalue weighted by Crippen LogP contribution is 2.24. The van der Waals surface area contributed by atoms with Crippen molar-refractivity contribution in [3.05, 3.63) is 86.3 Å². The van der Waals surface area contributed by atoms with Crippen molar-refractivity contribution in [2.75, 3.05) is 0 Å². The van der Waals surface area contributed by atoms with Crippen molar-refractivity contribution in [1.82, 2.24) is 19.3 Å². The largest absolute Gasteiger partial charge is 0.430 e. The van der Waals surface area contributed by atoms with Gasteiger partial charge in [-0.2, -0.15) is 4.68 Å². The zero-order valence-corrected chi connectivity index (χ0v) is 18.0. The minimum absolute atomic E-state index is 0.0202. The van der Waals surface area contributed by atoms with Crippen LogP contribution in [0.4, 0.5) is 4.39 Å². The van der Waals surface area contributed by atoms with Gasteiger partial charge in [-0.05, 0) is 24.5 Å². The summed E-state index contributed by atoms with van der Waals surface area (Å²) < 4.78 is 28.0. The third kappa shape index (κ3) is 3.99.